The highest BCUT2D eigenvalue weighted by Crippen LogP contribution is 2.36. The Hall–Kier alpha value is -3.11. The number of aromatic nitrogens is 4. The minimum absolute atomic E-state index is 0.0287. The minimum atomic E-state index is -4.58. The molecule has 0 saturated heterocycles. The van der Waals surface area contributed by atoms with E-state index >= 15 is 0 Å². The lowest BCUT2D eigenvalue weighted by Crippen LogP contribution is -2.07. The van der Waals surface area contributed by atoms with Gasteiger partial charge in [0.05, 0.1) is 17.7 Å². The molecule has 2 aromatic carbocycles. The van der Waals surface area contributed by atoms with Gasteiger partial charge in [-0.05, 0) is 54.1 Å². The Balaban J connectivity index is 1.98. The highest BCUT2D eigenvalue weighted by molar-refractivity contribution is 5.78. The van der Waals surface area contributed by atoms with Gasteiger partial charge in [-0.2, -0.15) is 31.1 Å². The van der Waals surface area contributed by atoms with E-state index in [0.717, 1.165) is 24.3 Å². The van der Waals surface area contributed by atoms with Gasteiger partial charge in [0.15, 0.2) is 0 Å². The van der Waals surface area contributed by atoms with Crippen molar-refractivity contribution >= 4 is 11.4 Å². The third kappa shape index (κ3) is 4.84. The molecule has 0 atom stereocenters. The standard InChI is InChI=1S/C18H15F6N5/c1-2-9-29-27-16(26-28-29)14-10-12(18(22,23)24)5-8-15(14)25-13-6-3-11(4-7-13)17(19,20)21/h3-8,10,25H,2,9H2,1H3. The number of nitrogens with zero attached hydrogens (tertiary/aromatic N) is 4. The molecule has 0 aliphatic rings. The van der Waals surface area contributed by atoms with Gasteiger partial charge in [-0.15, -0.1) is 10.2 Å². The number of hydrogen-bond acceptors (Lipinski definition) is 4. The van der Waals surface area contributed by atoms with E-state index in [4.69, 9.17) is 0 Å². The van der Waals surface area contributed by atoms with Crippen LogP contribution in [0.2, 0.25) is 0 Å². The van der Waals surface area contributed by atoms with Gasteiger partial charge in [0.25, 0.3) is 0 Å². The number of alkyl halides is 6. The number of rotatable bonds is 5. The number of tetrazole rings is 1. The van der Waals surface area contributed by atoms with Gasteiger partial charge >= 0.3 is 12.4 Å². The highest BCUT2D eigenvalue weighted by atomic mass is 19.4. The Morgan fingerprint density at radius 3 is 2.10 bits per heavy atom. The molecule has 1 heterocycles. The number of anilines is 2. The summed E-state index contributed by atoms with van der Waals surface area (Å²) in [6.45, 7) is 2.32. The van der Waals surface area contributed by atoms with E-state index < -0.39 is 23.5 Å². The van der Waals surface area contributed by atoms with Crippen LogP contribution in [0.4, 0.5) is 37.7 Å². The van der Waals surface area contributed by atoms with Crippen LogP contribution >= 0.6 is 0 Å². The van der Waals surface area contributed by atoms with Crippen molar-refractivity contribution in [3.63, 3.8) is 0 Å². The van der Waals surface area contributed by atoms with Crippen molar-refractivity contribution in [2.75, 3.05) is 5.32 Å². The van der Waals surface area contributed by atoms with Crippen molar-refractivity contribution in [2.45, 2.75) is 32.2 Å². The molecule has 11 heteroatoms. The lowest BCUT2D eigenvalue weighted by Gasteiger charge is -2.14. The summed E-state index contributed by atoms with van der Waals surface area (Å²) >= 11 is 0. The molecule has 5 nitrogen and oxygen atoms in total. The second-order valence-corrected chi connectivity index (χ2v) is 6.17. The summed E-state index contributed by atoms with van der Waals surface area (Å²) < 4.78 is 77.5. The molecule has 0 bridgehead atoms. The lowest BCUT2D eigenvalue weighted by molar-refractivity contribution is -0.138. The van der Waals surface area contributed by atoms with Crippen LogP contribution in [0.5, 0.6) is 0 Å². The van der Waals surface area contributed by atoms with E-state index in [1.165, 1.54) is 23.0 Å². The van der Waals surface area contributed by atoms with Gasteiger partial charge in [-0.3, -0.25) is 0 Å². The van der Waals surface area contributed by atoms with Crippen molar-refractivity contribution in [1.29, 1.82) is 0 Å². The summed E-state index contributed by atoms with van der Waals surface area (Å²) in [4.78, 5) is 1.26. The van der Waals surface area contributed by atoms with Crippen LogP contribution in [0.25, 0.3) is 11.4 Å². The molecule has 3 aromatic rings. The van der Waals surface area contributed by atoms with Gasteiger partial charge < -0.3 is 5.32 Å². The Kier molecular flexibility index (Phi) is 5.49. The molecule has 1 N–H and O–H groups in total. The second-order valence-electron chi connectivity index (χ2n) is 6.17. The molecule has 0 unspecified atom stereocenters. The first-order valence-corrected chi connectivity index (χ1v) is 8.51. The maximum absolute atomic E-state index is 13.1. The van der Waals surface area contributed by atoms with E-state index in [1.807, 2.05) is 6.92 Å². The van der Waals surface area contributed by atoms with Gasteiger partial charge in [-0.1, -0.05) is 6.92 Å². The Labute approximate surface area is 161 Å². The molecule has 0 aliphatic carbocycles. The van der Waals surface area contributed by atoms with Crippen LogP contribution < -0.4 is 5.32 Å². The number of hydrogen-bond donors (Lipinski definition) is 1. The normalized spacial score (nSPS) is 12.2. The van der Waals surface area contributed by atoms with E-state index in [1.54, 1.807) is 0 Å². The molecule has 0 amide bonds. The summed E-state index contributed by atoms with van der Waals surface area (Å²) in [5.41, 5.74) is -1.24. The summed E-state index contributed by atoms with van der Waals surface area (Å²) in [5.74, 6) is -0.0287. The van der Waals surface area contributed by atoms with Crippen molar-refractivity contribution in [3.05, 3.63) is 53.6 Å². The van der Waals surface area contributed by atoms with Gasteiger partial charge in [0.1, 0.15) is 0 Å². The highest BCUT2D eigenvalue weighted by Gasteiger charge is 2.32. The molecular formula is C18H15F6N5. The molecule has 0 spiro atoms. The molecule has 154 valence electrons. The fourth-order valence-corrected chi connectivity index (χ4v) is 2.56. The lowest BCUT2D eigenvalue weighted by atomic mass is 10.1. The first kappa shape index (κ1) is 20.6. The SMILES string of the molecule is CCCn1nnc(-c2cc(C(F)(F)F)ccc2Nc2ccc(C(F)(F)F)cc2)n1. The zero-order valence-corrected chi connectivity index (χ0v) is 15.0. The third-order valence-corrected chi connectivity index (χ3v) is 3.96. The number of benzene rings is 2. The summed E-state index contributed by atoms with van der Waals surface area (Å²) in [7, 11) is 0. The summed E-state index contributed by atoms with van der Waals surface area (Å²) in [6.07, 6.45) is -8.37. The van der Waals surface area contributed by atoms with E-state index in [-0.39, 0.29) is 22.8 Å². The predicted molar refractivity (Wildman–Crippen MR) is 93.3 cm³/mol. The van der Waals surface area contributed by atoms with Gasteiger partial charge in [-0.25, -0.2) is 0 Å². The third-order valence-electron chi connectivity index (χ3n) is 3.96. The molecule has 0 fully saturated rings. The van der Waals surface area contributed by atoms with Crippen LogP contribution in [-0.2, 0) is 18.9 Å². The maximum atomic E-state index is 13.1. The Morgan fingerprint density at radius 2 is 1.52 bits per heavy atom. The quantitative estimate of drug-likeness (QED) is 0.557. The first-order chi connectivity index (χ1) is 13.6. The van der Waals surface area contributed by atoms with Crippen LogP contribution in [0.15, 0.2) is 42.5 Å². The minimum Gasteiger partial charge on any atom is -0.355 e. The number of nitrogens with one attached hydrogen (secondary N) is 1. The molecule has 29 heavy (non-hydrogen) atoms. The predicted octanol–water partition coefficient (Wildman–Crippen LogP) is 5.53. The fourth-order valence-electron chi connectivity index (χ4n) is 2.56. The molecule has 0 aliphatic heterocycles. The topological polar surface area (TPSA) is 55.6 Å². The Bertz CT molecular complexity index is 976. The molecule has 1 aromatic heterocycles. The monoisotopic (exact) mass is 415 g/mol. The number of aryl methyl sites for hydroxylation is 1. The molecule has 0 radical (unpaired) electrons. The molecule has 3 rings (SSSR count). The van der Waals surface area contributed by atoms with Crippen molar-refractivity contribution in [2.24, 2.45) is 0 Å². The summed E-state index contributed by atoms with van der Waals surface area (Å²) in [6, 6.07) is 7.05. The maximum Gasteiger partial charge on any atom is 0.416 e. The Morgan fingerprint density at radius 1 is 0.897 bits per heavy atom. The van der Waals surface area contributed by atoms with Crippen LogP contribution in [0.1, 0.15) is 24.5 Å². The van der Waals surface area contributed by atoms with E-state index in [2.05, 4.69) is 20.7 Å². The van der Waals surface area contributed by atoms with E-state index in [0.29, 0.717) is 13.0 Å². The van der Waals surface area contributed by atoms with Crippen LogP contribution in [0.3, 0.4) is 0 Å². The van der Waals surface area contributed by atoms with Gasteiger partial charge in [0, 0.05) is 16.9 Å². The summed E-state index contributed by atoms with van der Waals surface area (Å²) in [5, 5.41) is 14.5. The average molecular weight is 415 g/mol. The van der Waals surface area contributed by atoms with Crippen molar-refractivity contribution in [3.8, 4) is 11.4 Å². The zero-order valence-electron chi connectivity index (χ0n) is 15.0. The van der Waals surface area contributed by atoms with Crippen molar-refractivity contribution in [1.82, 2.24) is 20.2 Å². The second kappa shape index (κ2) is 7.72. The largest absolute Gasteiger partial charge is 0.416 e. The number of halogens is 6. The van der Waals surface area contributed by atoms with Crippen LogP contribution in [0, 0.1) is 0 Å². The average Bonchev–Trinajstić information content (AvgIpc) is 3.09. The van der Waals surface area contributed by atoms with Crippen LogP contribution in [-0.4, -0.2) is 20.2 Å². The van der Waals surface area contributed by atoms with Gasteiger partial charge in [0.2, 0.25) is 5.82 Å². The molecular weight excluding hydrogens is 400 g/mol. The zero-order chi connectivity index (χ0) is 21.2. The van der Waals surface area contributed by atoms with E-state index in [9.17, 15) is 26.3 Å². The van der Waals surface area contributed by atoms with Crippen molar-refractivity contribution < 1.29 is 26.3 Å². The molecule has 0 saturated carbocycles. The fraction of sp³-hybridized carbons (Fsp3) is 0.278. The first-order valence-electron chi connectivity index (χ1n) is 8.51. The smallest absolute Gasteiger partial charge is 0.355 e.